The molecule has 0 radical (unpaired) electrons. The van der Waals surface area contributed by atoms with Crippen LogP contribution in [-0.4, -0.2) is 11.0 Å². The lowest BCUT2D eigenvalue weighted by atomic mass is 10.1. The summed E-state index contributed by atoms with van der Waals surface area (Å²) < 4.78 is 0. The van der Waals surface area contributed by atoms with E-state index in [0.717, 1.165) is 11.8 Å². The van der Waals surface area contributed by atoms with E-state index in [4.69, 9.17) is 0 Å². The Labute approximate surface area is 101 Å². The molecule has 3 heteroatoms. The van der Waals surface area contributed by atoms with Crippen LogP contribution in [0.15, 0.2) is 5.38 Å². The summed E-state index contributed by atoms with van der Waals surface area (Å²) in [4.78, 5) is 4.66. The first-order valence-electron chi connectivity index (χ1n) is 6.42. The van der Waals surface area contributed by atoms with Gasteiger partial charge in [-0.15, -0.1) is 11.3 Å². The number of thiazole rings is 1. The first-order chi connectivity index (χ1) is 7.74. The molecule has 0 saturated heterocycles. The van der Waals surface area contributed by atoms with Crippen molar-refractivity contribution in [1.82, 2.24) is 10.3 Å². The predicted octanol–water partition coefficient (Wildman–Crippen LogP) is 3.29. The average molecular weight is 236 g/mol. The topological polar surface area (TPSA) is 24.9 Å². The molecule has 1 heterocycles. The Bertz CT molecular complexity index is 366. The fourth-order valence-corrected chi connectivity index (χ4v) is 3.32. The van der Waals surface area contributed by atoms with Crippen LogP contribution in [0, 0.1) is 18.8 Å². The van der Waals surface area contributed by atoms with E-state index in [2.05, 4.69) is 29.5 Å². The van der Waals surface area contributed by atoms with Crippen LogP contribution in [0.3, 0.4) is 0 Å². The molecule has 3 rings (SSSR count). The Morgan fingerprint density at radius 3 is 2.50 bits per heavy atom. The molecule has 0 aliphatic heterocycles. The van der Waals surface area contributed by atoms with E-state index in [0.29, 0.717) is 12.1 Å². The van der Waals surface area contributed by atoms with Crippen molar-refractivity contribution in [2.45, 2.75) is 51.6 Å². The van der Waals surface area contributed by atoms with E-state index >= 15 is 0 Å². The minimum atomic E-state index is 0.536. The van der Waals surface area contributed by atoms with Crippen LogP contribution in [0.5, 0.6) is 0 Å². The normalized spacial score (nSPS) is 24.4. The molecule has 2 fully saturated rings. The standard InChI is InChI=1S/C13H20N2S/c1-8-7-16-13(14-8)12(11-5-6-11)15-9(2)10-3-4-10/h7,9-12,15H,3-6H2,1-2H3/t9-,12-/m1/s1. The van der Waals surface area contributed by atoms with E-state index < -0.39 is 0 Å². The summed E-state index contributed by atoms with van der Waals surface area (Å²) in [5.74, 6) is 1.79. The Morgan fingerprint density at radius 1 is 1.31 bits per heavy atom. The summed E-state index contributed by atoms with van der Waals surface area (Å²) >= 11 is 1.83. The molecule has 2 saturated carbocycles. The molecule has 2 nitrogen and oxygen atoms in total. The van der Waals surface area contributed by atoms with Crippen LogP contribution in [0.25, 0.3) is 0 Å². The van der Waals surface area contributed by atoms with Crippen LogP contribution in [0.4, 0.5) is 0 Å². The summed E-state index contributed by atoms with van der Waals surface area (Å²) in [5.41, 5.74) is 1.17. The quantitative estimate of drug-likeness (QED) is 0.848. The molecular weight excluding hydrogens is 216 g/mol. The van der Waals surface area contributed by atoms with Gasteiger partial charge >= 0.3 is 0 Å². The molecule has 16 heavy (non-hydrogen) atoms. The number of rotatable bonds is 5. The summed E-state index contributed by atoms with van der Waals surface area (Å²) in [5, 5.41) is 7.31. The van der Waals surface area contributed by atoms with Gasteiger partial charge in [-0.2, -0.15) is 0 Å². The summed E-state index contributed by atoms with van der Waals surface area (Å²) in [7, 11) is 0. The maximum atomic E-state index is 4.66. The van der Waals surface area contributed by atoms with Gasteiger partial charge in [-0.3, -0.25) is 0 Å². The second-order valence-corrected chi connectivity index (χ2v) is 6.32. The van der Waals surface area contributed by atoms with Gasteiger partial charge in [0.2, 0.25) is 0 Å². The summed E-state index contributed by atoms with van der Waals surface area (Å²) in [6.07, 6.45) is 5.60. The maximum Gasteiger partial charge on any atom is 0.110 e. The molecule has 0 aromatic carbocycles. The number of nitrogens with zero attached hydrogens (tertiary/aromatic N) is 1. The van der Waals surface area contributed by atoms with Crippen molar-refractivity contribution in [2.75, 3.05) is 0 Å². The van der Waals surface area contributed by atoms with Gasteiger partial charge < -0.3 is 5.32 Å². The minimum Gasteiger partial charge on any atom is -0.305 e. The lowest BCUT2D eigenvalue weighted by molar-refractivity contribution is 0.391. The Balaban J connectivity index is 1.70. The van der Waals surface area contributed by atoms with Crippen molar-refractivity contribution in [1.29, 1.82) is 0 Å². The minimum absolute atomic E-state index is 0.536. The molecule has 0 unspecified atom stereocenters. The van der Waals surface area contributed by atoms with Crippen LogP contribution in [-0.2, 0) is 0 Å². The molecule has 0 spiro atoms. The highest BCUT2D eigenvalue weighted by atomic mass is 32.1. The Morgan fingerprint density at radius 2 is 2.00 bits per heavy atom. The molecule has 1 N–H and O–H groups in total. The van der Waals surface area contributed by atoms with E-state index in [1.165, 1.54) is 36.4 Å². The van der Waals surface area contributed by atoms with Crippen molar-refractivity contribution in [2.24, 2.45) is 11.8 Å². The first-order valence-corrected chi connectivity index (χ1v) is 7.30. The van der Waals surface area contributed by atoms with Gasteiger partial charge in [0.25, 0.3) is 0 Å². The molecule has 1 aromatic heterocycles. The largest absolute Gasteiger partial charge is 0.305 e. The van der Waals surface area contributed by atoms with Gasteiger partial charge in [-0.1, -0.05) is 0 Å². The molecule has 2 atom stereocenters. The van der Waals surface area contributed by atoms with Crippen LogP contribution >= 0.6 is 11.3 Å². The fraction of sp³-hybridized carbons (Fsp3) is 0.769. The van der Waals surface area contributed by atoms with Gasteiger partial charge in [0.05, 0.1) is 6.04 Å². The number of nitrogens with one attached hydrogen (secondary N) is 1. The monoisotopic (exact) mass is 236 g/mol. The van der Waals surface area contributed by atoms with Gasteiger partial charge in [-0.25, -0.2) is 4.98 Å². The highest BCUT2D eigenvalue weighted by Gasteiger charge is 2.37. The third-order valence-electron chi connectivity index (χ3n) is 3.77. The molecule has 88 valence electrons. The van der Waals surface area contributed by atoms with Crippen LogP contribution < -0.4 is 5.32 Å². The van der Waals surface area contributed by atoms with Crippen molar-refractivity contribution < 1.29 is 0 Å². The van der Waals surface area contributed by atoms with Gasteiger partial charge in [-0.05, 0) is 51.4 Å². The number of aromatic nitrogens is 1. The van der Waals surface area contributed by atoms with E-state index in [9.17, 15) is 0 Å². The van der Waals surface area contributed by atoms with E-state index in [1.54, 1.807) is 0 Å². The molecule has 1 aromatic rings. The maximum absolute atomic E-state index is 4.66. The highest BCUT2D eigenvalue weighted by Crippen LogP contribution is 2.43. The predicted molar refractivity (Wildman–Crippen MR) is 67.6 cm³/mol. The fourth-order valence-electron chi connectivity index (χ4n) is 2.37. The lowest BCUT2D eigenvalue weighted by Crippen LogP contribution is -2.33. The van der Waals surface area contributed by atoms with E-state index in [1.807, 2.05) is 11.3 Å². The van der Waals surface area contributed by atoms with E-state index in [-0.39, 0.29) is 0 Å². The SMILES string of the molecule is Cc1csc([C@H](N[C@H](C)C2CC2)C2CC2)n1. The lowest BCUT2D eigenvalue weighted by Gasteiger charge is -2.21. The molecular formula is C13H20N2S. The van der Waals surface area contributed by atoms with Crippen molar-refractivity contribution in [3.63, 3.8) is 0 Å². The third-order valence-corrected chi connectivity index (χ3v) is 4.81. The zero-order chi connectivity index (χ0) is 11.1. The summed E-state index contributed by atoms with van der Waals surface area (Å²) in [6, 6.07) is 1.21. The van der Waals surface area contributed by atoms with Crippen molar-refractivity contribution in [3.8, 4) is 0 Å². The zero-order valence-electron chi connectivity index (χ0n) is 10.1. The zero-order valence-corrected chi connectivity index (χ0v) is 10.9. The van der Waals surface area contributed by atoms with Gasteiger partial charge in [0.15, 0.2) is 0 Å². The Hall–Kier alpha value is -0.410. The van der Waals surface area contributed by atoms with Crippen molar-refractivity contribution in [3.05, 3.63) is 16.1 Å². The van der Waals surface area contributed by atoms with Gasteiger partial charge in [0.1, 0.15) is 5.01 Å². The summed E-state index contributed by atoms with van der Waals surface area (Å²) in [6.45, 7) is 4.43. The number of aryl methyl sites for hydroxylation is 1. The molecule has 0 amide bonds. The first kappa shape index (κ1) is 10.7. The average Bonchev–Trinajstić information content (AvgIpc) is 3.13. The third kappa shape index (κ3) is 2.30. The van der Waals surface area contributed by atoms with Gasteiger partial charge in [0, 0.05) is 17.1 Å². The molecule has 2 aliphatic carbocycles. The molecule has 0 bridgehead atoms. The van der Waals surface area contributed by atoms with Crippen molar-refractivity contribution >= 4 is 11.3 Å². The second kappa shape index (κ2) is 4.11. The van der Waals surface area contributed by atoms with Crippen LogP contribution in [0.1, 0.15) is 49.4 Å². The number of hydrogen-bond acceptors (Lipinski definition) is 3. The molecule has 2 aliphatic rings. The Kier molecular flexibility index (Phi) is 2.76. The number of hydrogen-bond donors (Lipinski definition) is 1. The smallest absolute Gasteiger partial charge is 0.110 e. The van der Waals surface area contributed by atoms with Crippen LogP contribution in [0.2, 0.25) is 0 Å². The second-order valence-electron chi connectivity index (χ2n) is 5.43. The highest BCUT2D eigenvalue weighted by molar-refractivity contribution is 7.09.